The van der Waals surface area contributed by atoms with Crippen LogP contribution in [0, 0.1) is 12.8 Å². The van der Waals surface area contributed by atoms with Gasteiger partial charge in [0.2, 0.25) is 11.8 Å². The molecular weight excluding hydrogens is 517 g/mol. The van der Waals surface area contributed by atoms with Gasteiger partial charge in [-0.25, -0.2) is 9.98 Å². The second-order valence-electron chi connectivity index (χ2n) is 8.60. The average molecular weight is 551 g/mol. The van der Waals surface area contributed by atoms with Gasteiger partial charge in [-0.3, -0.25) is 4.79 Å². The third-order valence-corrected chi connectivity index (χ3v) is 6.14. The Morgan fingerprint density at radius 3 is 2.69 bits per heavy atom. The molecule has 1 unspecified atom stereocenters. The highest BCUT2D eigenvalue weighted by Crippen LogP contribution is 2.28. The van der Waals surface area contributed by atoms with Crippen LogP contribution >= 0.6 is 24.0 Å². The van der Waals surface area contributed by atoms with E-state index in [0.29, 0.717) is 18.3 Å². The zero-order chi connectivity index (χ0) is 21.6. The van der Waals surface area contributed by atoms with Gasteiger partial charge in [0.15, 0.2) is 5.96 Å². The minimum atomic E-state index is 0. The fourth-order valence-corrected chi connectivity index (χ4v) is 4.39. The first-order valence-electron chi connectivity index (χ1n) is 11.5. The fourth-order valence-electron chi connectivity index (χ4n) is 4.39. The van der Waals surface area contributed by atoms with Crippen LogP contribution in [0.4, 0.5) is 0 Å². The van der Waals surface area contributed by atoms with Gasteiger partial charge in [-0.05, 0) is 45.2 Å². The molecule has 1 aromatic heterocycles. The number of carbonyl (C=O) groups is 1. The SMILES string of the molecule is CCNC(=NCc1coc(-c2ccc(C)cc2)n1)NC1CCN(C(=O)C2CCCC2)C1.I. The summed E-state index contributed by atoms with van der Waals surface area (Å²) in [7, 11) is 0. The Morgan fingerprint density at radius 1 is 1.22 bits per heavy atom. The largest absolute Gasteiger partial charge is 0.444 e. The summed E-state index contributed by atoms with van der Waals surface area (Å²) in [6.07, 6.45) is 7.11. The van der Waals surface area contributed by atoms with Crippen molar-refractivity contribution in [2.45, 2.75) is 58.5 Å². The molecule has 32 heavy (non-hydrogen) atoms. The second kappa shape index (κ2) is 11.7. The van der Waals surface area contributed by atoms with Gasteiger partial charge in [0.1, 0.15) is 12.0 Å². The monoisotopic (exact) mass is 551 g/mol. The summed E-state index contributed by atoms with van der Waals surface area (Å²) in [5.41, 5.74) is 2.96. The number of carbonyl (C=O) groups excluding carboxylic acids is 1. The van der Waals surface area contributed by atoms with E-state index in [4.69, 9.17) is 4.42 Å². The zero-order valence-electron chi connectivity index (χ0n) is 19.0. The molecule has 1 amide bonds. The first-order chi connectivity index (χ1) is 15.1. The van der Waals surface area contributed by atoms with Crippen molar-refractivity contribution >= 4 is 35.8 Å². The molecule has 1 saturated carbocycles. The molecule has 0 radical (unpaired) electrons. The van der Waals surface area contributed by atoms with Gasteiger partial charge in [-0.15, -0.1) is 24.0 Å². The smallest absolute Gasteiger partial charge is 0.226 e. The summed E-state index contributed by atoms with van der Waals surface area (Å²) >= 11 is 0. The van der Waals surface area contributed by atoms with E-state index in [2.05, 4.69) is 27.5 Å². The van der Waals surface area contributed by atoms with Crippen molar-refractivity contribution < 1.29 is 9.21 Å². The maximum atomic E-state index is 12.7. The van der Waals surface area contributed by atoms with Crippen molar-refractivity contribution in [1.82, 2.24) is 20.5 Å². The van der Waals surface area contributed by atoms with Gasteiger partial charge in [0, 0.05) is 37.2 Å². The van der Waals surface area contributed by atoms with E-state index in [1.54, 1.807) is 6.26 Å². The van der Waals surface area contributed by atoms with Crippen LogP contribution in [-0.4, -0.2) is 47.4 Å². The van der Waals surface area contributed by atoms with Crippen molar-refractivity contribution in [3.63, 3.8) is 0 Å². The molecule has 1 aromatic carbocycles. The van der Waals surface area contributed by atoms with Crippen LogP contribution in [0.15, 0.2) is 39.9 Å². The predicted molar refractivity (Wildman–Crippen MR) is 137 cm³/mol. The molecule has 2 aliphatic rings. The molecule has 7 nitrogen and oxygen atoms in total. The number of aromatic nitrogens is 1. The van der Waals surface area contributed by atoms with E-state index in [1.165, 1.54) is 18.4 Å². The molecule has 1 atom stereocenters. The Morgan fingerprint density at radius 2 is 1.97 bits per heavy atom. The summed E-state index contributed by atoms with van der Waals surface area (Å²) in [6, 6.07) is 8.35. The lowest BCUT2D eigenvalue weighted by Gasteiger charge is -2.21. The quantitative estimate of drug-likeness (QED) is 0.321. The summed E-state index contributed by atoms with van der Waals surface area (Å²) < 4.78 is 5.64. The lowest BCUT2D eigenvalue weighted by atomic mass is 10.1. The number of halogens is 1. The summed E-state index contributed by atoms with van der Waals surface area (Å²) in [5, 5.41) is 6.79. The van der Waals surface area contributed by atoms with Crippen LogP contribution in [0.3, 0.4) is 0 Å². The number of hydrogen-bond acceptors (Lipinski definition) is 4. The van der Waals surface area contributed by atoms with E-state index < -0.39 is 0 Å². The number of hydrogen-bond donors (Lipinski definition) is 2. The molecule has 1 aliphatic carbocycles. The van der Waals surface area contributed by atoms with Crippen LogP contribution in [-0.2, 0) is 11.3 Å². The number of benzene rings is 1. The predicted octanol–water partition coefficient (Wildman–Crippen LogP) is 4.11. The van der Waals surface area contributed by atoms with Gasteiger partial charge >= 0.3 is 0 Å². The van der Waals surface area contributed by atoms with Crippen LogP contribution in [0.25, 0.3) is 11.5 Å². The minimum absolute atomic E-state index is 0. The van der Waals surface area contributed by atoms with Crippen LogP contribution < -0.4 is 10.6 Å². The number of oxazole rings is 1. The lowest BCUT2D eigenvalue weighted by molar-refractivity contribution is -0.134. The summed E-state index contributed by atoms with van der Waals surface area (Å²) in [5.74, 6) is 1.95. The molecule has 4 rings (SSSR count). The molecule has 8 heteroatoms. The topological polar surface area (TPSA) is 82.8 Å². The van der Waals surface area contributed by atoms with Crippen LogP contribution in [0.5, 0.6) is 0 Å². The Balaban J connectivity index is 0.00000289. The van der Waals surface area contributed by atoms with Crippen molar-refractivity contribution in [3.05, 3.63) is 41.8 Å². The summed E-state index contributed by atoms with van der Waals surface area (Å²) in [4.78, 5) is 24.0. The highest BCUT2D eigenvalue weighted by Gasteiger charge is 2.32. The first kappa shape index (κ1) is 24.5. The van der Waals surface area contributed by atoms with Gasteiger partial charge < -0.3 is 20.0 Å². The Bertz CT molecular complexity index is 905. The zero-order valence-corrected chi connectivity index (χ0v) is 21.3. The van der Waals surface area contributed by atoms with Crippen molar-refractivity contribution in [3.8, 4) is 11.5 Å². The van der Waals surface area contributed by atoms with Crippen LogP contribution in [0.1, 0.15) is 50.3 Å². The number of nitrogens with zero attached hydrogens (tertiary/aromatic N) is 3. The minimum Gasteiger partial charge on any atom is -0.444 e. The molecule has 2 heterocycles. The van der Waals surface area contributed by atoms with Gasteiger partial charge in [0.25, 0.3) is 0 Å². The van der Waals surface area contributed by atoms with E-state index in [0.717, 1.165) is 56.1 Å². The third kappa shape index (κ3) is 6.24. The maximum Gasteiger partial charge on any atom is 0.226 e. The van der Waals surface area contributed by atoms with Gasteiger partial charge in [-0.1, -0.05) is 30.5 Å². The molecule has 2 N–H and O–H groups in total. The molecule has 174 valence electrons. The second-order valence-corrected chi connectivity index (χ2v) is 8.60. The molecule has 1 saturated heterocycles. The fraction of sp³-hybridized carbons (Fsp3) is 0.542. The molecule has 0 bridgehead atoms. The third-order valence-electron chi connectivity index (χ3n) is 6.14. The molecular formula is C24H34IN5O2. The number of aryl methyl sites for hydroxylation is 1. The highest BCUT2D eigenvalue weighted by atomic mass is 127. The summed E-state index contributed by atoms with van der Waals surface area (Å²) in [6.45, 7) is 6.89. The number of likely N-dealkylation sites (tertiary alicyclic amines) is 1. The first-order valence-corrected chi connectivity index (χ1v) is 11.5. The number of rotatable bonds is 6. The Labute approximate surface area is 207 Å². The van der Waals surface area contributed by atoms with Crippen molar-refractivity contribution in [1.29, 1.82) is 0 Å². The maximum absolute atomic E-state index is 12.7. The Kier molecular flexibility index (Phi) is 8.95. The number of amides is 1. The van der Waals surface area contributed by atoms with Gasteiger partial charge in [-0.2, -0.15) is 0 Å². The standard InChI is InChI=1S/C24H33N5O2.HI/c1-3-25-24(28-20-12-13-29(15-20)23(30)19-6-4-5-7-19)26-14-21-16-31-22(27-21)18-10-8-17(2)9-11-18;/h8-11,16,19-20H,3-7,12-15H2,1-2H3,(H2,25,26,28);1H. The average Bonchev–Trinajstić information content (AvgIpc) is 3.54. The van der Waals surface area contributed by atoms with Crippen molar-refractivity contribution in [2.75, 3.05) is 19.6 Å². The van der Waals surface area contributed by atoms with Gasteiger partial charge in [0.05, 0.1) is 6.54 Å². The molecule has 1 aliphatic heterocycles. The number of nitrogens with one attached hydrogen (secondary N) is 2. The molecule has 0 spiro atoms. The lowest BCUT2D eigenvalue weighted by Crippen LogP contribution is -2.45. The van der Waals surface area contributed by atoms with Crippen LogP contribution in [0.2, 0.25) is 0 Å². The Hall–Kier alpha value is -2.10. The molecule has 2 fully saturated rings. The van der Waals surface area contributed by atoms with Crippen molar-refractivity contribution in [2.24, 2.45) is 10.9 Å². The highest BCUT2D eigenvalue weighted by molar-refractivity contribution is 14.0. The van der Waals surface area contributed by atoms with E-state index in [-0.39, 0.29) is 35.9 Å². The number of guanidine groups is 1. The van der Waals surface area contributed by atoms with E-state index in [9.17, 15) is 4.79 Å². The number of aliphatic imine (C=N–C) groups is 1. The normalized spacial score (nSPS) is 19.1. The van der Waals surface area contributed by atoms with E-state index >= 15 is 0 Å². The van der Waals surface area contributed by atoms with E-state index in [1.807, 2.05) is 36.1 Å². The molecule has 2 aromatic rings.